The van der Waals surface area contributed by atoms with Gasteiger partial charge >= 0.3 is 0 Å². The molecule has 2 aromatic carbocycles. The van der Waals surface area contributed by atoms with Crippen molar-refractivity contribution in [3.05, 3.63) is 76.5 Å². The Balaban J connectivity index is 0.000000324. The van der Waals surface area contributed by atoms with Gasteiger partial charge in [0.05, 0.1) is 18.4 Å². The number of ether oxygens (including phenoxy) is 1. The average molecular weight is 597 g/mol. The highest BCUT2D eigenvalue weighted by Gasteiger charge is 2.35. The summed E-state index contributed by atoms with van der Waals surface area (Å²) in [5.41, 5.74) is 8.52. The molecule has 1 amide bonds. The number of nitrogens with zero attached hydrogens (tertiary/aromatic N) is 2. The lowest BCUT2D eigenvalue weighted by Gasteiger charge is -2.24. The van der Waals surface area contributed by atoms with Gasteiger partial charge in [0.15, 0.2) is 5.82 Å². The van der Waals surface area contributed by atoms with E-state index in [-0.39, 0.29) is 17.2 Å². The van der Waals surface area contributed by atoms with Crippen LogP contribution in [0.15, 0.2) is 47.5 Å². The van der Waals surface area contributed by atoms with E-state index < -0.39 is 17.2 Å². The zero-order chi connectivity index (χ0) is 32.2. The molecular weight excluding hydrogens is 550 g/mol. The Kier molecular flexibility index (Phi) is 13.7. The maximum Gasteiger partial charge on any atom is 0.207 e. The number of nitrogen functional groups attached to an aromatic ring is 1. The van der Waals surface area contributed by atoms with Gasteiger partial charge in [0.2, 0.25) is 6.41 Å². The summed E-state index contributed by atoms with van der Waals surface area (Å²) < 4.78 is 33.5. The number of pyridine rings is 1. The number of hydrogen-bond donors (Lipinski definition) is 3. The lowest BCUT2D eigenvalue weighted by Crippen LogP contribution is -2.24. The van der Waals surface area contributed by atoms with E-state index in [9.17, 15) is 14.3 Å². The first-order valence-electron chi connectivity index (χ1n) is 14.8. The van der Waals surface area contributed by atoms with Crippen molar-refractivity contribution >= 4 is 18.3 Å². The minimum absolute atomic E-state index is 0.0545. The summed E-state index contributed by atoms with van der Waals surface area (Å²) in [6.07, 6.45) is 5.53. The number of aryl methyl sites for hydroxylation is 1. The van der Waals surface area contributed by atoms with Crippen LogP contribution < -0.4 is 15.8 Å². The van der Waals surface area contributed by atoms with Gasteiger partial charge in [-0.3, -0.25) is 9.79 Å². The first-order chi connectivity index (χ1) is 20.5. The minimum atomic E-state index is -1.40. The molecule has 4 rings (SSSR count). The maximum absolute atomic E-state index is 15.1. The van der Waals surface area contributed by atoms with E-state index in [0.29, 0.717) is 41.6 Å². The molecule has 43 heavy (non-hydrogen) atoms. The van der Waals surface area contributed by atoms with E-state index in [1.54, 1.807) is 13.2 Å². The first kappa shape index (κ1) is 35.3. The molecule has 1 aliphatic rings. The fourth-order valence-electron chi connectivity index (χ4n) is 4.53. The zero-order valence-corrected chi connectivity index (χ0v) is 26.4. The van der Waals surface area contributed by atoms with E-state index in [2.05, 4.69) is 22.2 Å². The number of benzene rings is 2. The normalized spacial score (nSPS) is 13.3. The standard InChI is InChI=1S/C20H22F2N2O2.C12H18N2O.C2H6/c1-20(2,26)16-9-17(15(10-23-11-25)12-3-4-12)24-19(18(16)22)13-5-7-14(21)8-6-13;1-4-5-14-8-10-6-9(2)7-11(15-3)12(10)13;1-2/h5-9,11-12,15,26H,3-4,10H2,1-2H3,(H,23,25);6-8H,4-5,13H2,1-3H3;1-2H3. The Hall–Kier alpha value is -3.85. The molecule has 0 saturated heterocycles. The summed E-state index contributed by atoms with van der Waals surface area (Å²) in [7, 11) is 1.62. The molecule has 0 spiro atoms. The van der Waals surface area contributed by atoms with Crippen LogP contribution in [-0.4, -0.2) is 42.9 Å². The molecule has 1 aromatic heterocycles. The van der Waals surface area contributed by atoms with Crippen LogP contribution in [0.25, 0.3) is 11.3 Å². The van der Waals surface area contributed by atoms with Crippen molar-refractivity contribution in [2.24, 2.45) is 10.9 Å². The van der Waals surface area contributed by atoms with E-state index in [1.807, 2.05) is 39.1 Å². The maximum atomic E-state index is 15.1. The molecule has 3 aromatic rings. The molecular formula is C34H46F2N4O3. The molecule has 1 aliphatic carbocycles. The topological polar surface area (TPSA) is 110 Å². The molecule has 4 N–H and O–H groups in total. The van der Waals surface area contributed by atoms with Crippen molar-refractivity contribution in [3.63, 3.8) is 0 Å². The Bertz CT molecular complexity index is 1350. The Labute approximate surface area is 254 Å². The van der Waals surface area contributed by atoms with Crippen LogP contribution in [0.2, 0.25) is 0 Å². The number of nitrogens with one attached hydrogen (secondary N) is 1. The van der Waals surface area contributed by atoms with E-state index >= 15 is 4.39 Å². The second-order valence-corrected chi connectivity index (χ2v) is 10.8. The summed E-state index contributed by atoms with van der Waals surface area (Å²) in [6.45, 7) is 12.4. The number of aliphatic imine (C=N–C) groups is 1. The number of carbonyl (C=O) groups is 1. The van der Waals surface area contributed by atoms with Crippen LogP contribution >= 0.6 is 0 Å². The van der Waals surface area contributed by atoms with E-state index in [1.165, 1.54) is 38.1 Å². The van der Waals surface area contributed by atoms with Crippen molar-refractivity contribution in [2.75, 3.05) is 25.9 Å². The lowest BCUT2D eigenvalue weighted by atomic mass is 9.91. The highest BCUT2D eigenvalue weighted by atomic mass is 19.1. The summed E-state index contributed by atoms with van der Waals surface area (Å²) in [5.74, 6) is -0.00463. The molecule has 0 radical (unpaired) electrons. The Morgan fingerprint density at radius 2 is 1.84 bits per heavy atom. The van der Waals surface area contributed by atoms with Crippen LogP contribution in [-0.2, 0) is 10.4 Å². The van der Waals surface area contributed by atoms with Gasteiger partial charge < -0.3 is 20.9 Å². The van der Waals surface area contributed by atoms with Crippen LogP contribution in [0.4, 0.5) is 14.5 Å². The molecule has 1 fully saturated rings. The molecule has 0 aliphatic heterocycles. The number of nitrogens with two attached hydrogens (primary N) is 1. The van der Waals surface area contributed by atoms with Gasteiger partial charge in [-0.25, -0.2) is 13.8 Å². The Morgan fingerprint density at radius 3 is 2.37 bits per heavy atom. The van der Waals surface area contributed by atoms with Gasteiger partial charge in [-0.1, -0.05) is 20.8 Å². The predicted molar refractivity (Wildman–Crippen MR) is 171 cm³/mol. The number of aliphatic hydroxyl groups is 1. The van der Waals surface area contributed by atoms with Crippen molar-refractivity contribution in [1.29, 1.82) is 0 Å². The van der Waals surface area contributed by atoms with Crippen molar-refractivity contribution in [1.82, 2.24) is 10.3 Å². The van der Waals surface area contributed by atoms with E-state index in [4.69, 9.17) is 10.5 Å². The van der Waals surface area contributed by atoms with Crippen LogP contribution in [0.3, 0.4) is 0 Å². The average Bonchev–Trinajstić information content (AvgIpc) is 3.82. The van der Waals surface area contributed by atoms with Crippen molar-refractivity contribution in [3.8, 4) is 17.0 Å². The quantitative estimate of drug-likeness (QED) is 0.126. The molecule has 1 unspecified atom stereocenters. The van der Waals surface area contributed by atoms with Crippen molar-refractivity contribution < 1.29 is 23.4 Å². The third-order valence-corrected chi connectivity index (χ3v) is 6.87. The van der Waals surface area contributed by atoms with Crippen molar-refractivity contribution in [2.45, 2.75) is 72.3 Å². The number of hydrogen-bond acceptors (Lipinski definition) is 6. The molecule has 9 heteroatoms. The van der Waals surface area contributed by atoms with Gasteiger partial charge in [-0.05, 0) is 94.0 Å². The number of anilines is 1. The van der Waals surface area contributed by atoms with E-state index in [0.717, 1.165) is 36.9 Å². The highest BCUT2D eigenvalue weighted by Crippen LogP contribution is 2.43. The number of amides is 1. The summed E-state index contributed by atoms with van der Waals surface area (Å²) >= 11 is 0. The lowest BCUT2D eigenvalue weighted by molar-refractivity contribution is -0.109. The largest absolute Gasteiger partial charge is 0.495 e. The SMILES string of the molecule is CC.CC(C)(O)c1cc(C(CNC=O)C2CC2)nc(-c2ccc(F)cc2)c1F.CCCN=Cc1cc(C)cc(OC)c1N. The Morgan fingerprint density at radius 1 is 1.19 bits per heavy atom. The molecule has 1 saturated carbocycles. The summed E-state index contributed by atoms with van der Waals surface area (Å²) in [5, 5.41) is 13.1. The summed E-state index contributed by atoms with van der Waals surface area (Å²) in [4.78, 5) is 19.5. The van der Waals surface area contributed by atoms with Crippen LogP contribution in [0, 0.1) is 24.5 Å². The van der Waals surface area contributed by atoms with Gasteiger partial charge in [-0.15, -0.1) is 0 Å². The molecule has 1 heterocycles. The predicted octanol–water partition coefficient (Wildman–Crippen LogP) is 6.93. The third kappa shape index (κ3) is 10.1. The number of rotatable bonds is 11. The van der Waals surface area contributed by atoms with Gasteiger partial charge in [0, 0.05) is 47.6 Å². The van der Waals surface area contributed by atoms with Gasteiger partial charge in [0.1, 0.15) is 17.3 Å². The molecule has 234 valence electrons. The molecule has 7 nitrogen and oxygen atoms in total. The monoisotopic (exact) mass is 596 g/mol. The third-order valence-electron chi connectivity index (χ3n) is 6.87. The van der Waals surface area contributed by atoms with Crippen LogP contribution in [0.5, 0.6) is 5.75 Å². The van der Waals surface area contributed by atoms with Crippen LogP contribution in [0.1, 0.15) is 82.2 Å². The fraction of sp³-hybridized carbons (Fsp3) is 0.441. The number of carbonyl (C=O) groups excluding carboxylic acids is 1. The summed E-state index contributed by atoms with van der Waals surface area (Å²) in [6, 6.07) is 10.9. The first-order valence-corrected chi connectivity index (χ1v) is 14.8. The molecule has 0 bridgehead atoms. The zero-order valence-electron chi connectivity index (χ0n) is 26.4. The minimum Gasteiger partial charge on any atom is -0.495 e. The fourth-order valence-corrected chi connectivity index (χ4v) is 4.53. The molecule has 1 atom stereocenters. The highest BCUT2D eigenvalue weighted by molar-refractivity contribution is 5.89. The number of methoxy groups -OCH3 is 1. The second-order valence-electron chi connectivity index (χ2n) is 10.8. The van der Waals surface area contributed by atoms with Gasteiger partial charge in [-0.2, -0.15) is 0 Å². The number of halogens is 2. The smallest absolute Gasteiger partial charge is 0.207 e. The second kappa shape index (κ2) is 16.7. The van der Waals surface area contributed by atoms with Gasteiger partial charge in [0.25, 0.3) is 0 Å². The number of aromatic nitrogens is 1.